The highest BCUT2D eigenvalue weighted by Gasteiger charge is 2.15. The minimum absolute atomic E-state index is 0.158. The van der Waals surface area contributed by atoms with Crippen LogP contribution >= 0.6 is 0 Å². The summed E-state index contributed by atoms with van der Waals surface area (Å²) in [6.07, 6.45) is 2.58. The molecule has 1 aromatic carbocycles. The first-order valence-corrected chi connectivity index (χ1v) is 4.20. The Labute approximate surface area is 75.1 Å². The molecule has 0 N–H and O–H groups in total. The van der Waals surface area contributed by atoms with Crippen molar-refractivity contribution >= 4 is 6.21 Å². The average Bonchev–Trinajstić information content (AvgIpc) is 2.53. The number of benzene rings is 1. The van der Waals surface area contributed by atoms with Crippen LogP contribution in [-0.2, 0) is 0 Å². The van der Waals surface area contributed by atoms with E-state index < -0.39 is 11.6 Å². The Hall–Kier alpha value is -1.25. The van der Waals surface area contributed by atoms with Crippen molar-refractivity contribution in [1.82, 2.24) is 0 Å². The van der Waals surface area contributed by atoms with Crippen molar-refractivity contribution in [3.63, 3.8) is 0 Å². The molecule has 0 bridgehead atoms. The third-order valence-electron chi connectivity index (χ3n) is 2.20. The van der Waals surface area contributed by atoms with E-state index in [-0.39, 0.29) is 5.92 Å². The SMILES string of the molecule is Fc1cc(F)cc(C2CC=NC2)c1. The minimum Gasteiger partial charge on any atom is -0.297 e. The highest BCUT2D eigenvalue weighted by Crippen LogP contribution is 2.24. The third kappa shape index (κ3) is 1.74. The molecule has 1 atom stereocenters. The van der Waals surface area contributed by atoms with E-state index in [1.54, 1.807) is 6.21 Å². The number of hydrogen-bond donors (Lipinski definition) is 0. The molecule has 0 amide bonds. The maximum absolute atomic E-state index is 12.8. The molecule has 0 radical (unpaired) electrons. The largest absolute Gasteiger partial charge is 0.297 e. The molecule has 3 heteroatoms. The Morgan fingerprint density at radius 2 is 1.85 bits per heavy atom. The van der Waals surface area contributed by atoms with Crippen LogP contribution in [0.4, 0.5) is 8.78 Å². The second-order valence-corrected chi connectivity index (χ2v) is 3.18. The summed E-state index contributed by atoms with van der Waals surface area (Å²) in [5.74, 6) is -0.867. The Balaban J connectivity index is 2.29. The quantitative estimate of drug-likeness (QED) is 0.631. The Kier molecular flexibility index (Phi) is 2.08. The first kappa shape index (κ1) is 8.35. The summed E-state index contributed by atoms with van der Waals surface area (Å²) in [5.41, 5.74) is 0.704. The summed E-state index contributed by atoms with van der Waals surface area (Å²) in [6.45, 7) is 0.642. The summed E-state index contributed by atoms with van der Waals surface area (Å²) in [4.78, 5) is 4.03. The van der Waals surface area contributed by atoms with E-state index in [9.17, 15) is 8.78 Å². The van der Waals surface area contributed by atoms with Crippen LogP contribution < -0.4 is 0 Å². The lowest BCUT2D eigenvalue weighted by Crippen LogP contribution is -1.99. The zero-order chi connectivity index (χ0) is 9.26. The van der Waals surface area contributed by atoms with Gasteiger partial charge in [-0.3, -0.25) is 4.99 Å². The van der Waals surface area contributed by atoms with Crippen LogP contribution in [0.5, 0.6) is 0 Å². The van der Waals surface area contributed by atoms with Crippen molar-refractivity contribution in [3.8, 4) is 0 Å². The average molecular weight is 181 g/mol. The lowest BCUT2D eigenvalue weighted by Gasteiger charge is -2.08. The summed E-state index contributed by atoms with van der Waals surface area (Å²) in [5, 5.41) is 0. The van der Waals surface area contributed by atoms with Crippen molar-refractivity contribution in [2.45, 2.75) is 12.3 Å². The molecule has 0 aromatic heterocycles. The number of hydrogen-bond acceptors (Lipinski definition) is 1. The summed E-state index contributed by atoms with van der Waals surface area (Å²) >= 11 is 0. The first-order chi connectivity index (χ1) is 6.25. The molecule has 68 valence electrons. The highest BCUT2D eigenvalue weighted by atomic mass is 19.1. The van der Waals surface area contributed by atoms with Crippen molar-refractivity contribution in [2.24, 2.45) is 4.99 Å². The van der Waals surface area contributed by atoms with E-state index in [0.717, 1.165) is 12.5 Å². The van der Waals surface area contributed by atoms with Gasteiger partial charge < -0.3 is 0 Å². The predicted octanol–water partition coefficient (Wildman–Crippen LogP) is 2.52. The van der Waals surface area contributed by atoms with Gasteiger partial charge in [0.05, 0.1) is 0 Å². The van der Waals surface area contributed by atoms with E-state index >= 15 is 0 Å². The molecule has 1 aliphatic rings. The number of halogens is 2. The van der Waals surface area contributed by atoms with Crippen LogP contribution in [0.25, 0.3) is 0 Å². The number of rotatable bonds is 1. The zero-order valence-electron chi connectivity index (χ0n) is 7.00. The third-order valence-corrected chi connectivity index (χ3v) is 2.20. The van der Waals surface area contributed by atoms with Crippen LogP contribution in [0.1, 0.15) is 17.9 Å². The highest BCUT2D eigenvalue weighted by molar-refractivity contribution is 5.61. The fraction of sp³-hybridized carbons (Fsp3) is 0.300. The van der Waals surface area contributed by atoms with Gasteiger partial charge in [-0.05, 0) is 30.3 Å². The molecular formula is C10H9F2N. The first-order valence-electron chi connectivity index (χ1n) is 4.20. The van der Waals surface area contributed by atoms with E-state index in [4.69, 9.17) is 0 Å². The second-order valence-electron chi connectivity index (χ2n) is 3.18. The van der Waals surface area contributed by atoms with Gasteiger partial charge in [-0.1, -0.05) is 0 Å². The molecule has 0 saturated heterocycles. The molecule has 13 heavy (non-hydrogen) atoms. The molecule has 0 aliphatic carbocycles. The smallest absolute Gasteiger partial charge is 0.126 e. The normalized spacial score (nSPS) is 20.9. The van der Waals surface area contributed by atoms with Gasteiger partial charge in [-0.15, -0.1) is 0 Å². The van der Waals surface area contributed by atoms with Crippen molar-refractivity contribution in [1.29, 1.82) is 0 Å². The molecule has 2 rings (SSSR count). The van der Waals surface area contributed by atoms with Gasteiger partial charge in [-0.25, -0.2) is 8.78 Å². The minimum atomic E-state index is -0.512. The fourth-order valence-corrected chi connectivity index (χ4v) is 1.53. The van der Waals surface area contributed by atoms with Crippen LogP contribution in [-0.4, -0.2) is 12.8 Å². The molecule has 1 aliphatic heterocycles. The molecular weight excluding hydrogens is 172 g/mol. The van der Waals surface area contributed by atoms with E-state index in [1.807, 2.05) is 0 Å². The van der Waals surface area contributed by atoms with Crippen LogP contribution in [0.2, 0.25) is 0 Å². The van der Waals surface area contributed by atoms with E-state index in [2.05, 4.69) is 4.99 Å². The Morgan fingerprint density at radius 1 is 1.15 bits per heavy atom. The fourth-order valence-electron chi connectivity index (χ4n) is 1.53. The van der Waals surface area contributed by atoms with Gasteiger partial charge in [0.1, 0.15) is 11.6 Å². The van der Waals surface area contributed by atoms with E-state index in [0.29, 0.717) is 12.1 Å². The van der Waals surface area contributed by atoms with E-state index in [1.165, 1.54) is 12.1 Å². The topological polar surface area (TPSA) is 12.4 Å². The van der Waals surface area contributed by atoms with Crippen LogP contribution in [0, 0.1) is 11.6 Å². The molecule has 0 spiro atoms. The lowest BCUT2D eigenvalue weighted by atomic mass is 9.98. The summed E-state index contributed by atoms with van der Waals surface area (Å²) in [7, 11) is 0. The maximum Gasteiger partial charge on any atom is 0.126 e. The molecule has 1 aromatic rings. The van der Waals surface area contributed by atoms with Crippen LogP contribution in [0.15, 0.2) is 23.2 Å². The maximum atomic E-state index is 12.8. The van der Waals surface area contributed by atoms with Crippen LogP contribution in [0.3, 0.4) is 0 Å². The van der Waals surface area contributed by atoms with Gasteiger partial charge in [0.15, 0.2) is 0 Å². The zero-order valence-corrected chi connectivity index (χ0v) is 7.00. The molecule has 1 nitrogen and oxygen atoms in total. The van der Waals surface area contributed by atoms with Gasteiger partial charge >= 0.3 is 0 Å². The summed E-state index contributed by atoms with van der Waals surface area (Å²) < 4.78 is 25.6. The second kappa shape index (κ2) is 3.24. The Morgan fingerprint density at radius 3 is 2.38 bits per heavy atom. The number of nitrogens with zero attached hydrogens (tertiary/aromatic N) is 1. The molecule has 0 saturated carbocycles. The van der Waals surface area contributed by atoms with Crippen molar-refractivity contribution < 1.29 is 8.78 Å². The molecule has 0 fully saturated rings. The number of aliphatic imine (C=N–C) groups is 1. The van der Waals surface area contributed by atoms with Gasteiger partial charge in [0.2, 0.25) is 0 Å². The predicted molar refractivity (Wildman–Crippen MR) is 47.1 cm³/mol. The molecule has 1 heterocycles. The Bertz CT molecular complexity index is 319. The lowest BCUT2D eigenvalue weighted by molar-refractivity contribution is 0.575. The van der Waals surface area contributed by atoms with Gasteiger partial charge in [0.25, 0.3) is 0 Å². The van der Waals surface area contributed by atoms with Crippen molar-refractivity contribution in [3.05, 3.63) is 35.4 Å². The van der Waals surface area contributed by atoms with Crippen molar-refractivity contribution in [2.75, 3.05) is 6.54 Å². The summed E-state index contributed by atoms with van der Waals surface area (Å²) in [6, 6.07) is 3.64. The monoisotopic (exact) mass is 181 g/mol. The van der Waals surface area contributed by atoms with Gasteiger partial charge in [0, 0.05) is 18.5 Å². The standard InChI is InChI=1S/C10H9F2N/c11-9-3-8(4-10(12)5-9)7-1-2-13-6-7/h2-5,7H,1,6H2. The van der Waals surface area contributed by atoms with Gasteiger partial charge in [-0.2, -0.15) is 0 Å². The molecule has 1 unspecified atom stereocenters.